The smallest absolute Gasteiger partial charge is 0.258 e. The number of carbonyl (C=O) groups excluding carboxylic acids is 1. The minimum Gasteiger partial charge on any atom is -0.337 e. The average Bonchev–Trinajstić information content (AvgIpc) is 2.28. The molecule has 1 aliphatic rings. The lowest BCUT2D eigenvalue weighted by molar-refractivity contribution is 0.0703. The predicted octanol–water partition coefficient (Wildman–Crippen LogP) is 2.57. The molecule has 100 valence electrons. The third-order valence-electron chi connectivity index (χ3n) is 2.92. The van der Waals surface area contributed by atoms with Crippen molar-refractivity contribution in [2.24, 2.45) is 5.73 Å². The molecule has 1 fully saturated rings. The molecule has 0 saturated carbocycles. The van der Waals surface area contributed by atoms with Gasteiger partial charge < -0.3 is 10.6 Å². The highest BCUT2D eigenvalue weighted by Gasteiger charge is 2.25. The van der Waals surface area contributed by atoms with Gasteiger partial charge in [-0.1, -0.05) is 6.07 Å². The van der Waals surface area contributed by atoms with Crippen LogP contribution in [-0.4, -0.2) is 29.9 Å². The lowest BCUT2D eigenvalue weighted by Gasteiger charge is -2.31. The number of nitrogens with zero attached hydrogens (tertiary/aromatic N) is 1. The van der Waals surface area contributed by atoms with E-state index in [0.29, 0.717) is 17.6 Å². The standard InChI is InChI=1S/C12H14BrFN2O.ClH/c13-9-4-1-5-10(14)11(9)12(17)16-6-2-3-8(15)7-16;/h1,4-5,8H,2-3,6-7,15H2;1H. The van der Waals surface area contributed by atoms with E-state index in [1.807, 2.05) is 0 Å². The van der Waals surface area contributed by atoms with Crippen molar-refractivity contribution < 1.29 is 9.18 Å². The Bertz CT molecular complexity index is 424. The molecule has 0 aliphatic carbocycles. The Balaban J connectivity index is 0.00000162. The average molecular weight is 338 g/mol. The first kappa shape index (κ1) is 15.4. The maximum absolute atomic E-state index is 13.6. The molecule has 1 aliphatic heterocycles. The molecule has 1 aromatic rings. The summed E-state index contributed by atoms with van der Waals surface area (Å²) in [5.74, 6) is -0.784. The summed E-state index contributed by atoms with van der Waals surface area (Å²) in [6.45, 7) is 1.15. The van der Waals surface area contributed by atoms with E-state index in [-0.39, 0.29) is 29.9 Å². The summed E-state index contributed by atoms with van der Waals surface area (Å²) in [6.07, 6.45) is 1.79. The molecule has 1 heterocycles. The molecule has 2 N–H and O–H groups in total. The number of hydrogen-bond donors (Lipinski definition) is 1. The Kier molecular flexibility index (Phi) is 5.56. The van der Waals surface area contributed by atoms with E-state index >= 15 is 0 Å². The Morgan fingerprint density at radius 2 is 2.22 bits per heavy atom. The number of benzene rings is 1. The molecule has 1 saturated heterocycles. The van der Waals surface area contributed by atoms with Gasteiger partial charge in [-0.2, -0.15) is 0 Å². The lowest BCUT2D eigenvalue weighted by Crippen LogP contribution is -2.46. The van der Waals surface area contributed by atoms with Crippen molar-refractivity contribution in [3.63, 3.8) is 0 Å². The Labute approximate surface area is 120 Å². The number of likely N-dealkylation sites (tertiary alicyclic amines) is 1. The zero-order valence-electron chi connectivity index (χ0n) is 9.73. The molecule has 1 unspecified atom stereocenters. The number of nitrogens with two attached hydrogens (primary N) is 1. The van der Waals surface area contributed by atoms with Gasteiger partial charge in [-0.05, 0) is 40.9 Å². The second-order valence-electron chi connectivity index (χ2n) is 4.25. The van der Waals surface area contributed by atoms with Gasteiger partial charge in [0.15, 0.2) is 0 Å². The molecule has 1 atom stereocenters. The predicted molar refractivity (Wildman–Crippen MR) is 74.5 cm³/mol. The second-order valence-corrected chi connectivity index (χ2v) is 5.10. The van der Waals surface area contributed by atoms with Crippen molar-refractivity contribution in [1.82, 2.24) is 4.90 Å². The molecule has 2 rings (SSSR count). The van der Waals surface area contributed by atoms with Crippen LogP contribution in [0.15, 0.2) is 22.7 Å². The topological polar surface area (TPSA) is 46.3 Å². The molecular weight excluding hydrogens is 322 g/mol. The maximum Gasteiger partial charge on any atom is 0.258 e. The summed E-state index contributed by atoms with van der Waals surface area (Å²) in [7, 11) is 0. The fourth-order valence-corrected chi connectivity index (χ4v) is 2.57. The number of rotatable bonds is 1. The summed E-state index contributed by atoms with van der Waals surface area (Å²) >= 11 is 3.21. The first-order valence-corrected chi connectivity index (χ1v) is 6.37. The van der Waals surface area contributed by atoms with E-state index in [1.54, 1.807) is 17.0 Å². The zero-order valence-corrected chi connectivity index (χ0v) is 12.1. The van der Waals surface area contributed by atoms with Crippen molar-refractivity contribution in [1.29, 1.82) is 0 Å². The fourth-order valence-electron chi connectivity index (χ4n) is 2.05. The SMILES string of the molecule is Cl.NC1CCCN(C(=O)c2c(F)cccc2Br)C1. The monoisotopic (exact) mass is 336 g/mol. The third kappa shape index (κ3) is 3.22. The van der Waals surface area contributed by atoms with Gasteiger partial charge in [0.25, 0.3) is 5.91 Å². The number of piperidine rings is 1. The number of hydrogen-bond acceptors (Lipinski definition) is 2. The second kappa shape index (κ2) is 6.50. The molecule has 6 heteroatoms. The number of amides is 1. The van der Waals surface area contributed by atoms with E-state index in [9.17, 15) is 9.18 Å². The molecule has 0 bridgehead atoms. The van der Waals surface area contributed by atoms with E-state index in [1.165, 1.54) is 6.07 Å². The van der Waals surface area contributed by atoms with Gasteiger partial charge in [0.2, 0.25) is 0 Å². The van der Waals surface area contributed by atoms with Crippen LogP contribution in [0.1, 0.15) is 23.2 Å². The van der Waals surface area contributed by atoms with Crippen molar-refractivity contribution in [3.05, 3.63) is 34.1 Å². The number of halogens is 3. The van der Waals surface area contributed by atoms with Crippen LogP contribution in [0.25, 0.3) is 0 Å². The summed E-state index contributed by atoms with van der Waals surface area (Å²) in [5, 5.41) is 0. The molecule has 0 radical (unpaired) electrons. The summed E-state index contributed by atoms with van der Waals surface area (Å²) in [5.41, 5.74) is 5.92. The van der Waals surface area contributed by atoms with Gasteiger partial charge in [0, 0.05) is 23.6 Å². The van der Waals surface area contributed by atoms with Crippen molar-refractivity contribution in [2.75, 3.05) is 13.1 Å². The van der Waals surface area contributed by atoms with Crippen molar-refractivity contribution in [3.8, 4) is 0 Å². The van der Waals surface area contributed by atoms with Crippen LogP contribution in [0.2, 0.25) is 0 Å². The highest BCUT2D eigenvalue weighted by Crippen LogP contribution is 2.22. The molecular formula is C12H15BrClFN2O. The highest BCUT2D eigenvalue weighted by atomic mass is 79.9. The summed E-state index contributed by atoms with van der Waals surface area (Å²) < 4.78 is 14.1. The first-order chi connectivity index (χ1) is 8.09. The zero-order chi connectivity index (χ0) is 12.4. The lowest BCUT2D eigenvalue weighted by atomic mass is 10.1. The molecule has 3 nitrogen and oxygen atoms in total. The maximum atomic E-state index is 13.6. The van der Waals surface area contributed by atoms with E-state index in [4.69, 9.17) is 5.73 Å². The van der Waals surface area contributed by atoms with Crippen molar-refractivity contribution in [2.45, 2.75) is 18.9 Å². The van der Waals surface area contributed by atoms with Crippen LogP contribution >= 0.6 is 28.3 Å². The normalized spacial score (nSPS) is 19.3. The van der Waals surface area contributed by atoms with E-state index in [2.05, 4.69) is 15.9 Å². The molecule has 1 amide bonds. The van der Waals surface area contributed by atoms with E-state index < -0.39 is 5.82 Å². The van der Waals surface area contributed by atoms with Gasteiger partial charge in [0.1, 0.15) is 5.82 Å². The molecule has 0 aromatic heterocycles. The Hall–Kier alpha value is -0.650. The van der Waals surface area contributed by atoms with Gasteiger partial charge in [-0.25, -0.2) is 4.39 Å². The minimum absolute atomic E-state index is 0. The molecule has 1 aromatic carbocycles. The van der Waals surface area contributed by atoms with E-state index in [0.717, 1.165) is 12.8 Å². The molecule has 0 spiro atoms. The fraction of sp³-hybridized carbons (Fsp3) is 0.417. The van der Waals surface area contributed by atoms with Gasteiger partial charge in [0.05, 0.1) is 5.56 Å². The number of carbonyl (C=O) groups is 1. The minimum atomic E-state index is -0.497. The van der Waals surface area contributed by atoms with Crippen LogP contribution in [0.5, 0.6) is 0 Å². The third-order valence-corrected chi connectivity index (χ3v) is 3.58. The van der Waals surface area contributed by atoms with Crippen LogP contribution in [0, 0.1) is 5.82 Å². The van der Waals surface area contributed by atoms with Crippen LogP contribution in [0.3, 0.4) is 0 Å². The van der Waals surface area contributed by atoms with Crippen LogP contribution in [0.4, 0.5) is 4.39 Å². The van der Waals surface area contributed by atoms with Crippen LogP contribution in [-0.2, 0) is 0 Å². The highest BCUT2D eigenvalue weighted by molar-refractivity contribution is 9.10. The Morgan fingerprint density at radius 1 is 1.50 bits per heavy atom. The first-order valence-electron chi connectivity index (χ1n) is 5.58. The largest absolute Gasteiger partial charge is 0.337 e. The molecule has 18 heavy (non-hydrogen) atoms. The van der Waals surface area contributed by atoms with Gasteiger partial charge in [-0.15, -0.1) is 12.4 Å². The Morgan fingerprint density at radius 3 is 2.83 bits per heavy atom. The summed E-state index contributed by atoms with van der Waals surface area (Å²) in [6, 6.07) is 4.53. The summed E-state index contributed by atoms with van der Waals surface area (Å²) in [4.78, 5) is 13.8. The van der Waals surface area contributed by atoms with Gasteiger partial charge >= 0.3 is 0 Å². The van der Waals surface area contributed by atoms with Crippen molar-refractivity contribution >= 4 is 34.2 Å². The quantitative estimate of drug-likeness (QED) is 0.856. The van der Waals surface area contributed by atoms with Gasteiger partial charge in [-0.3, -0.25) is 4.79 Å². The van der Waals surface area contributed by atoms with Crippen LogP contribution < -0.4 is 5.73 Å².